The Morgan fingerprint density at radius 1 is 1.04 bits per heavy atom. The molecule has 24 heavy (non-hydrogen) atoms. The first-order valence-electron chi connectivity index (χ1n) is 7.69. The highest BCUT2D eigenvalue weighted by Crippen LogP contribution is 2.38. The topological polar surface area (TPSA) is 103 Å². The third-order valence-electron chi connectivity index (χ3n) is 3.99. The third-order valence-corrected chi connectivity index (χ3v) is 3.99. The van der Waals surface area contributed by atoms with E-state index in [9.17, 15) is 14.4 Å². The summed E-state index contributed by atoms with van der Waals surface area (Å²) in [6.07, 6.45) is 2.54. The quantitative estimate of drug-likeness (QED) is 0.643. The average Bonchev–Trinajstić information content (AvgIpc) is 3.09. The van der Waals surface area contributed by atoms with Crippen molar-refractivity contribution in [3.63, 3.8) is 0 Å². The molecule has 0 spiro atoms. The van der Waals surface area contributed by atoms with Crippen LogP contribution in [0.2, 0.25) is 0 Å². The first-order chi connectivity index (χ1) is 11.5. The van der Waals surface area contributed by atoms with E-state index in [1.165, 1.54) is 0 Å². The lowest BCUT2D eigenvalue weighted by Crippen LogP contribution is -2.41. The number of H-pyrrole nitrogens is 1. The molecule has 2 unspecified atom stereocenters. The van der Waals surface area contributed by atoms with Crippen molar-refractivity contribution in [2.45, 2.75) is 13.3 Å². The van der Waals surface area contributed by atoms with E-state index < -0.39 is 11.8 Å². The third kappa shape index (κ3) is 3.62. The van der Waals surface area contributed by atoms with Crippen LogP contribution in [-0.4, -0.2) is 22.7 Å². The maximum atomic E-state index is 12.0. The second-order valence-corrected chi connectivity index (χ2v) is 5.88. The number of carbonyl (C=O) groups excluding carboxylic acids is 3. The predicted molar refractivity (Wildman–Crippen MR) is 88.1 cm³/mol. The molecule has 0 radical (unpaired) electrons. The maximum absolute atomic E-state index is 12.0. The van der Waals surface area contributed by atoms with E-state index in [4.69, 9.17) is 0 Å². The molecular weight excluding hydrogens is 308 g/mol. The second kappa shape index (κ2) is 6.57. The Labute approximate surface area is 138 Å². The van der Waals surface area contributed by atoms with Gasteiger partial charge in [-0.3, -0.25) is 25.2 Å². The molecule has 2 aromatic rings. The molecule has 3 rings (SSSR count). The molecule has 0 aliphatic heterocycles. The van der Waals surface area contributed by atoms with E-state index >= 15 is 0 Å². The minimum absolute atomic E-state index is 0.0120. The zero-order valence-corrected chi connectivity index (χ0v) is 13.1. The van der Waals surface area contributed by atoms with Crippen molar-refractivity contribution in [1.29, 1.82) is 0 Å². The van der Waals surface area contributed by atoms with Crippen molar-refractivity contribution in [1.82, 2.24) is 15.8 Å². The van der Waals surface area contributed by atoms with Crippen LogP contribution in [0.4, 0.5) is 5.69 Å². The van der Waals surface area contributed by atoms with Crippen LogP contribution in [0.15, 0.2) is 42.6 Å². The number of hydrazine groups is 1. The van der Waals surface area contributed by atoms with Gasteiger partial charge in [-0.2, -0.15) is 0 Å². The highest BCUT2D eigenvalue weighted by Gasteiger charge is 2.39. The molecule has 0 saturated heterocycles. The van der Waals surface area contributed by atoms with Crippen LogP contribution in [0.3, 0.4) is 0 Å². The van der Waals surface area contributed by atoms with Gasteiger partial charge in [-0.1, -0.05) is 6.92 Å². The van der Waals surface area contributed by atoms with Crippen molar-refractivity contribution in [3.05, 3.63) is 53.9 Å². The lowest BCUT2D eigenvalue weighted by molar-refractivity contribution is -0.117. The van der Waals surface area contributed by atoms with E-state index in [2.05, 4.69) is 21.2 Å². The number of aromatic amines is 1. The van der Waals surface area contributed by atoms with Gasteiger partial charge in [-0.15, -0.1) is 0 Å². The number of hydrogen-bond donors (Lipinski definition) is 4. The largest absolute Gasteiger partial charge is 0.357 e. The molecule has 0 bridgehead atoms. The summed E-state index contributed by atoms with van der Waals surface area (Å²) in [4.78, 5) is 38.3. The molecule has 2 atom stereocenters. The normalized spacial score (nSPS) is 18.5. The summed E-state index contributed by atoms with van der Waals surface area (Å²) >= 11 is 0. The Hall–Kier alpha value is -3.09. The Kier molecular flexibility index (Phi) is 4.33. The van der Waals surface area contributed by atoms with Crippen molar-refractivity contribution in [2.24, 2.45) is 11.8 Å². The van der Waals surface area contributed by atoms with Crippen molar-refractivity contribution >= 4 is 23.4 Å². The number of hydrogen-bond acceptors (Lipinski definition) is 3. The molecule has 1 aromatic carbocycles. The van der Waals surface area contributed by atoms with Crippen molar-refractivity contribution < 1.29 is 14.4 Å². The number of nitrogens with one attached hydrogen (secondary N) is 4. The van der Waals surface area contributed by atoms with Gasteiger partial charge in [-0.05, 0) is 48.7 Å². The Bertz CT molecular complexity index is 753. The molecule has 1 fully saturated rings. The molecule has 1 aliphatic rings. The van der Waals surface area contributed by atoms with Gasteiger partial charge in [0.25, 0.3) is 11.8 Å². The predicted octanol–water partition coefficient (Wildman–Crippen LogP) is 1.68. The van der Waals surface area contributed by atoms with Crippen molar-refractivity contribution in [3.8, 4) is 0 Å². The smallest absolute Gasteiger partial charge is 0.286 e. The second-order valence-electron chi connectivity index (χ2n) is 5.88. The lowest BCUT2D eigenvalue weighted by atomic mass is 10.2. The zero-order valence-electron chi connectivity index (χ0n) is 13.1. The minimum Gasteiger partial charge on any atom is -0.357 e. The van der Waals surface area contributed by atoms with Crippen molar-refractivity contribution in [2.75, 3.05) is 5.32 Å². The average molecular weight is 326 g/mol. The van der Waals surface area contributed by atoms with Crippen LogP contribution in [-0.2, 0) is 4.79 Å². The monoisotopic (exact) mass is 326 g/mol. The molecule has 7 heteroatoms. The number of amides is 3. The van der Waals surface area contributed by atoms with Crippen LogP contribution in [0.25, 0.3) is 0 Å². The standard InChI is InChI=1S/C17H18N4O3/c1-10-9-13(10)16(23)19-12-6-4-11(5-7-12)15(22)20-21-17(24)14-3-2-8-18-14/h2-8,10,13,18H,9H2,1H3,(H,19,23)(H,20,22)(H,21,24). The Morgan fingerprint density at radius 3 is 2.29 bits per heavy atom. The summed E-state index contributed by atoms with van der Waals surface area (Å²) in [5.41, 5.74) is 6.02. The van der Waals surface area contributed by atoms with Crippen LogP contribution >= 0.6 is 0 Å². The van der Waals surface area contributed by atoms with E-state index in [-0.39, 0.29) is 11.8 Å². The zero-order chi connectivity index (χ0) is 17.1. The summed E-state index contributed by atoms with van der Waals surface area (Å²) in [6, 6.07) is 9.77. The fourth-order valence-electron chi connectivity index (χ4n) is 2.35. The molecule has 1 saturated carbocycles. The first-order valence-corrected chi connectivity index (χ1v) is 7.69. The molecule has 7 nitrogen and oxygen atoms in total. The Morgan fingerprint density at radius 2 is 1.71 bits per heavy atom. The van der Waals surface area contributed by atoms with Gasteiger partial charge >= 0.3 is 0 Å². The maximum Gasteiger partial charge on any atom is 0.286 e. The van der Waals surface area contributed by atoms with Gasteiger partial charge in [0, 0.05) is 23.4 Å². The van der Waals surface area contributed by atoms with Crippen LogP contribution in [0, 0.1) is 11.8 Å². The van der Waals surface area contributed by atoms with Crippen LogP contribution < -0.4 is 16.2 Å². The number of aromatic nitrogens is 1. The summed E-state index contributed by atoms with van der Waals surface area (Å²) in [6.45, 7) is 2.04. The highest BCUT2D eigenvalue weighted by atomic mass is 16.2. The van der Waals surface area contributed by atoms with Gasteiger partial charge in [0.2, 0.25) is 5.91 Å². The highest BCUT2D eigenvalue weighted by molar-refractivity contribution is 5.99. The summed E-state index contributed by atoms with van der Waals surface area (Å²) < 4.78 is 0. The summed E-state index contributed by atoms with van der Waals surface area (Å²) in [7, 11) is 0. The van der Waals surface area contributed by atoms with Gasteiger partial charge < -0.3 is 10.3 Å². The van der Waals surface area contributed by atoms with E-state index in [1.54, 1.807) is 42.6 Å². The van der Waals surface area contributed by atoms with Gasteiger partial charge in [0.05, 0.1) is 0 Å². The van der Waals surface area contributed by atoms with Gasteiger partial charge in [0.15, 0.2) is 0 Å². The Balaban J connectivity index is 1.52. The van der Waals surface area contributed by atoms with E-state index in [0.717, 1.165) is 6.42 Å². The van der Waals surface area contributed by atoms with Gasteiger partial charge in [0.1, 0.15) is 5.69 Å². The summed E-state index contributed by atoms with van der Waals surface area (Å²) in [5, 5.41) is 2.82. The number of benzene rings is 1. The van der Waals surface area contributed by atoms with Gasteiger partial charge in [-0.25, -0.2) is 0 Å². The fraction of sp³-hybridized carbons (Fsp3) is 0.235. The molecule has 1 aromatic heterocycles. The van der Waals surface area contributed by atoms with Crippen LogP contribution in [0.1, 0.15) is 34.2 Å². The number of rotatable bonds is 4. The lowest BCUT2D eigenvalue weighted by Gasteiger charge is -2.08. The minimum atomic E-state index is -0.441. The SMILES string of the molecule is CC1CC1C(=O)Nc1ccc(C(=O)NNC(=O)c2ccc[nH]2)cc1. The first kappa shape index (κ1) is 15.8. The molecule has 124 valence electrons. The molecule has 3 amide bonds. The number of anilines is 1. The molecule has 1 aliphatic carbocycles. The van der Waals surface area contributed by atoms with Crippen LogP contribution in [0.5, 0.6) is 0 Å². The van der Waals surface area contributed by atoms with E-state index in [1.807, 2.05) is 6.92 Å². The molecule has 4 N–H and O–H groups in total. The fourth-order valence-corrected chi connectivity index (χ4v) is 2.35. The molecule has 1 heterocycles. The van der Waals surface area contributed by atoms with E-state index in [0.29, 0.717) is 22.9 Å². The number of carbonyl (C=O) groups is 3. The molecular formula is C17H18N4O3. The summed E-state index contributed by atoms with van der Waals surface area (Å²) in [5.74, 6) is -0.327.